The van der Waals surface area contributed by atoms with E-state index in [0.29, 0.717) is 23.4 Å². The quantitative estimate of drug-likeness (QED) is 0.819. The average molecular weight is 212 g/mol. The number of carbonyl (C=O) groups is 1. The van der Waals surface area contributed by atoms with Crippen LogP contribution in [0.3, 0.4) is 0 Å². The number of ketones is 1. The molecule has 0 spiro atoms. The predicted octanol–water partition coefficient (Wildman–Crippen LogP) is 2.61. The standard InChI is InChI=1S/C13H12N2O/c14-9-10-5-1-2-6-11(10)15-12-7-3-4-8-13(12)16/h1-2,5-7,15H,3-4,8H2. The lowest BCUT2D eigenvalue weighted by molar-refractivity contribution is -0.115. The molecular formula is C13H12N2O. The lowest BCUT2D eigenvalue weighted by Gasteiger charge is -2.14. The predicted molar refractivity (Wildman–Crippen MR) is 61.7 cm³/mol. The summed E-state index contributed by atoms with van der Waals surface area (Å²) < 4.78 is 0. The third-order valence-corrected chi connectivity index (χ3v) is 2.57. The second-order valence-electron chi connectivity index (χ2n) is 3.72. The molecule has 1 aliphatic carbocycles. The molecule has 0 bridgehead atoms. The molecule has 16 heavy (non-hydrogen) atoms. The second-order valence-corrected chi connectivity index (χ2v) is 3.72. The number of hydrogen-bond acceptors (Lipinski definition) is 3. The van der Waals surface area contributed by atoms with Gasteiger partial charge in [0.15, 0.2) is 5.78 Å². The van der Waals surface area contributed by atoms with E-state index in [1.807, 2.05) is 12.1 Å². The van der Waals surface area contributed by atoms with E-state index in [9.17, 15) is 4.79 Å². The van der Waals surface area contributed by atoms with E-state index in [4.69, 9.17) is 5.26 Å². The molecule has 0 radical (unpaired) electrons. The number of benzene rings is 1. The van der Waals surface area contributed by atoms with Gasteiger partial charge in [0.05, 0.1) is 16.9 Å². The number of anilines is 1. The van der Waals surface area contributed by atoms with Crippen molar-refractivity contribution in [2.45, 2.75) is 19.3 Å². The highest BCUT2D eigenvalue weighted by atomic mass is 16.1. The van der Waals surface area contributed by atoms with Gasteiger partial charge in [0.1, 0.15) is 6.07 Å². The molecule has 3 heteroatoms. The number of Topliss-reactive ketones (excluding diaryl/α,β-unsaturated/α-hetero) is 1. The lowest BCUT2D eigenvalue weighted by atomic mass is 10.0. The van der Waals surface area contributed by atoms with Gasteiger partial charge in [0, 0.05) is 6.42 Å². The minimum Gasteiger partial charge on any atom is -0.352 e. The van der Waals surface area contributed by atoms with E-state index in [0.717, 1.165) is 12.8 Å². The van der Waals surface area contributed by atoms with Gasteiger partial charge < -0.3 is 5.32 Å². The molecule has 1 aromatic rings. The van der Waals surface area contributed by atoms with Crippen LogP contribution in [0.5, 0.6) is 0 Å². The minimum atomic E-state index is 0.124. The third kappa shape index (κ3) is 2.12. The fraction of sp³-hybridized carbons (Fsp3) is 0.231. The number of rotatable bonds is 2. The first-order valence-electron chi connectivity index (χ1n) is 5.31. The van der Waals surface area contributed by atoms with Gasteiger partial charge in [-0.3, -0.25) is 4.79 Å². The zero-order chi connectivity index (χ0) is 11.4. The number of para-hydroxylation sites is 1. The number of nitrogens with zero attached hydrogens (tertiary/aromatic N) is 1. The third-order valence-electron chi connectivity index (χ3n) is 2.57. The highest BCUT2D eigenvalue weighted by molar-refractivity contribution is 5.98. The first-order chi connectivity index (χ1) is 7.81. The highest BCUT2D eigenvalue weighted by Gasteiger charge is 2.14. The van der Waals surface area contributed by atoms with E-state index >= 15 is 0 Å². The molecule has 2 rings (SSSR count). The Balaban J connectivity index is 2.24. The molecule has 0 aromatic heterocycles. The molecule has 0 unspecified atom stereocenters. The summed E-state index contributed by atoms with van der Waals surface area (Å²) in [5.74, 6) is 0.124. The smallest absolute Gasteiger partial charge is 0.178 e. The first-order valence-corrected chi connectivity index (χ1v) is 5.31. The molecule has 0 saturated carbocycles. The van der Waals surface area contributed by atoms with Crippen LogP contribution in [-0.2, 0) is 4.79 Å². The Kier molecular flexibility index (Phi) is 3.02. The SMILES string of the molecule is N#Cc1ccccc1NC1=CCCCC1=O. The van der Waals surface area contributed by atoms with Gasteiger partial charge in [0.2, 0.25) is 0 Å². The second kappa shape index (κ2) is 4.63. The fourth-order valence-electron chi connectivity index (χ4n) is 1.71. The normalized spacial score (nSPS) is 15.2. The van der Waals surface area contributed by atoms with E-state index in [-0.39, 0.29) is 5.78 Å². The monoisotopic (exact) mass is 212 g/mol. The van der Waals surface area contributed by atoms with Crippen LogP contribution in [0.1, 0.15) is 24.8 Å². The van der Waals surface area contributed by atoms with Crippen molar-refractivity contribution in [3.63, 3.8) is 0 Å². The van der Waals surface area contributed by atoms with Gasteiger partial charge in [-0.1, -0.05) is 18.2 Å². The Bertz CT molecular complexity index is 483. The van der Waals surface area contributed by atoms with Crippen LogP contribution >= 0.6 is 0 Å². The average Bonchev–Trinajstić information content (AvgIpc) is 2.33. The Labute approximate surface area is 94.4 Å². The van der Waals surface area contributed by atoms with Gasteiger partial charge in [0.25, 0.3) is 0 Å². The molecule has 0 saturated heterocycles. The number of hydrogen-bond donors (Lipinski definition) is 1. The zero-order valence-electron chi connectivity index (χ0n) is 8.86. The summed E-state index contributed by atoms with van der Waals surface area (Å²) in [4.78, 5) is 11.6. The summed E-state index contributed by atoms with van der Waals surface area (Å²) in [6.45, 7) is 0. The summed E-state index contributed by atoms with van der Waals surface area (Å²) in [5, 5.41) is 12.0. The van der Waals surface area contributed by atoms with Crippen molar-refractivity contribution in [3.05, 3.63) is 41.6 Å². The van der Waals surface area contributed by atoms with Gasteiger partial charge in [-0.25, -0.2) is 0 Å². The molecule has 0 fully saturated rings. The first kappa shape index (κ1) is 10.4. The summed E-state index contributed by atoms with van der Waals surface area (Å²) >= 11 is 0. The molecule has 80 valence electrons. The maximum absolute atomic E-state index is 11.6. The van der Waals surface area contributed by atoms with E-state index in [1.165, 1.54) is 0 Å². The molecule has 0 amide bonds. The summed E-state index contributed by atoms with van der Waals surface area (Å²) in [5.41, 5.74) is 1.88. The van der Waals surface area contributed by atoms with Crippen molar-refractivity contribution in [3.8, 4) is 6.07 Å². The van der Waals surface area contributed by atoms with Crippen molar-refractivity contribution in [2.24, 2.45) is 0 Å². The lowest BCUT2D eigenvalue weighted by Crippen LogP contribution is -2.14. The summed E-state index contributed by atoms with van der Waals surface area (Å²) in [6, 6.07) is 9.29. The van der Waals surface area contributed by atoms with Crippen molar-refractivity contribution in [1.82, 2.24) is 0 Å². The van der Waals surface area contributed by atoms with Crippen LogP contribution in [0.2, 0.25) is 0 Å². The van der Waals surface area contributed by atoms with Crippen LogP contribution < -0.4 is 5.32 Å². The fourth-order valence-corrected chi connectivity index (χ4v) is 1.71. The minimum absolute atomic E-state index is 0.124. The maximum atomic E-state index is 11.6. The topological polar surface area (TPSA) is 52.9 Å². The van der Waals surface area contributed by atoms with Crippen LogP contribution in [-0.4, -0.2) is 5.78 Å². The zero-order valence-corrected chi connectivity index (χ0v) is 8.86. The Morgan fingerprint density at radius 2 is 2.12 bits per heavy atom. The number of carbonyl (C=O) groups excluding carboxylic acids is 1. The molecule has 1 aromatic carbocycles. The number of nitrogens with one attached hydrogen (secondary N) is 1. The van der Waals surface area contributed by atoms with Gasteiger partial charge in [-0.15, -0.1) is 0 Å². The summed E-state index contributed by atoms with van der Waals surface area (Å²) in [6.07, 6.45) is 4.33. The Morgan fingerprint density at radius 3 is 2.88 bits per heavy atom. The van der Waals surface area contributed by atoms with Crippen molar-refractivity contribution >= 4 is 11.5 Å². The molecular weight excluding hydrogens is 200 g/mol. The number of allylic oxidation sites excluding steroid dienone is 2. The summed E-state index contributed by atoms with van der Waals surface area (Å²) in [7, 11) is 0. The molecule has 1 N–H and O–H groups in total. The Morgan fingerprint density at radius 1 is 1.31 bits per heavy atom. The van der Waals surface area contributed by atoms with Crippen molar-refractivity contribution in [2.75, 3.05) is 5.32 Å². The maximum Gasteiger partial charge on any atom is 0.178 e. The Hall–Kier alpha value is -2.08. The highest BCUT2D eigenvalue weighted by Crippen LogP contribution is 2.20. The van der Waals surface area contributed by atoms with E-state index in [1.54, 1.807) is 18.2 Å². The van der Waals surface area contributed by atoms with Gasteiger partial charge >= 0.3 is 0 Å². The molecule has 0 atom stereocenters. The number of nitriles is 1. The van der Waals surface area contributed by atoms with Gasteiger partial charge in [-0.2, -0.15) is 5.26 Å². The molecule has 0 heterocycles. The van der Waals surface area contributed by atoms with Crippen molar-refractivity contribution < 1.29 is 4.79 Å². The van der Waals surface area contributed by atoms with Gasteiger partial charge in [-0.05, 0) is 25.0 Å². The van der Waals surface area contributed by atoms with Crippen LogP contribution in [0.15, 0.2) is 36.0 Å². The largest absolute Gasteiger partial charge is 0.352 e. The van der Waals surface area contributed by atoms with Crippen molar-refractivity contribution in [1.29, 1.82) is 5.26 Å². The molecule has 0 aliphatic heterocycles. The van der Waals surface area contributed by atoms with E-state index in [2.05, 4.69) is 11.4 Å². The van der Waals surface area contributed by atoms with E-state index < -0.39 is 0 Å². The molecule has 3 nitrogen and oxygen atoms in total. The van der Waals surface area contributed by atoms with Crippen LogP contribution in [0.4, 0.5) is 5.69 Å². The van der Waals surface area contributed by atoms with Crippen LogP contribution in [0, 0.1) is 11.3 Å². The molecule has 1 aliphatic rings. The van der Waals surface area contributed by atoms with Crippen LogP contribution in [0.25, 0.3) is 0 Å².